The van der Waals surface area contributed by atoms with E-state index in [1.807, 2.05) is 6.07 Å². The predicted molar refractivity (Wildman–Crippen MR) is 183 cm³/mol. The van der Waals surface area contributed by atoms with Gasteiger partial charge in [-0.05, 0) is 62.7 Å². The molecule has 276 valence electrons. The number of allylic oxidation sites excluding steroid dienone is 2. The molecule has 0 radical (unpaired) electrons. The van der Waals surface area contributed by atoms with E-state index in [9.17, 15) is 26.7 Å². The van der Waals surface area contributed by atoms with Gasteiger partial charge in [0, 0.05) is 49.2 Å². The summed E-state index contributed by atoms with van der Waals surface area (Å²) in [5.41, 5.74) is 3.51. The van der Waals surface area contributed by atoms with Crippen LogP contribution < -0.4 is 15.4 Å². The van der Waals surface area contributed by atoms with E-state index in [4.69, 9.17) is 20.5 Å². The first-order valence-corrected chi connectivity index (χ1v) is 17.0. The number of nitrogens with zero attached hydrogens (tertiary/aromatic N) is 6. The highest BCUT2D eigenvalue weighted by atomic mass is 32.1. The normalized spacial score (nSPS) is 20.2. The topological polar surface area (TPSA) is 121 Å². The third-order valence-corrected chi connectivity index (χ3v) is 9.53. The summed E-state index contributed by atoms with van der Waals surface area (Å²) in [7, 11) is 2.51. The molecule has 3 saturated heterocycles. The zero-order valence-corrected chi connectivity index (χ0v) is 29.1. The van der Waals surface area contributed by atoms with Crippen molar-refractivity contribution >= 4 is 45.2 Å². The number of anilines is 2. The van der Waals surface area contributed by atoms with Gasteiger partial charge in [-0.25, -0.2) is 18.0 Å². The van der Waals surface area contributed by atoms with E-state index in [-0.39, 0.29) is 41.6 Å². The summed E-state index contributed by atoms with van der Waals surface area (Å²) in [6, 6.07) is 4.52. The van der Waals surface area contributed by atoms with Crippen molar-refractivity contribution < 1.29 is 40.6 Å². The van der Waals surface area contributed by atoms with E-state index in [0.717, 1.165) is 37.3 Å². The zero-order chi connectivity index (χ0) is 37.3. The number of hydrogen-bond donors (Lipinski definition) is 1. The molecule has 3 aliphatic rings. The molecule has 3 aromatic rings. The van der Waals surface area contributed by atoms with Crippen molar-refractivity contribution in [3.8, 4) is 12.1 Å². The van der Waals surface area contributed by atoms with E-state index in [1.54, 1.807) is 23.3 Å². The smallest absolute Gasteiger partial charge is 0.417 e. The van der Waals surface area contributed by atoms with Gasteiger partial charge in [0.1, 0.15) is 28.6 Å². The van der Waals surface area contributed by atoms with E-state index >= 15 is 4.39 Å². The number of thiophene rings is 1. The highest BCUT2D eigenvalue weighted by Gasteiger charge is 2.38. The number of nitrogen functional groups attached to an aromatic ring is 1. The lowest BCUT2D eigenvalue weighted by Gasteiger charge is -2.30. The maximum atomic E-state index is 15.4. The SMILES string of the molecule is CCN(c1nc(OC)nc2c(F)c(/C=C/C=C/F)c(C(F)(F)F)cc12)[C@H]1CCN(C(=O)OC)C1.FC1CC2CCCN2C1.N#Cc1ccsc1N. The number of carbonyl (C=O) groups is 1. The molecule has 3 fully saturated rings. The number of aromatic nitrogens is 2. The summed E-state index contributed by atoms with van der Waals surface area (Å²) in [4.78, 5) is 25.5. The zero-order valence-electron chi connectivity index (χ0n) is 28.3. The van der Waals surface area contributed by atoms with E-state index < -0.39 is 35.4 Å². The van der Waals surface area contributed by atoms with E-state index in [0.29, 0.717) is 42.7 Å². The van der Waals surface area contributed by atoms with Crippen LogP contribution in [-0.2, 0) is 10.9 Å². The number of nitriles is 1. The number of likely N-dealkylation sites (N-methyl/N-ethyl adjacent to an activating group) is 1. The Morgan fingerprint density at radius 3 is 2.55 bits per heavy atom. The van der Waals surface area contributed by atoms with Crippen LogP contribution in [-0.4, -0.2) is 91.1 Å². The van der Waals surface area contributed by atoms with Gasteiger partial charge in [-0.1, -0.05) is 12.2 Å². The lowest BCUT2D eigenvalue weighted by Crippen LogP contribution is -2.39. The highest BCUT2D eigenvalue weighted by Crippen LogP contribution is 2.40. The third kappa shape index (κ3) is 9.41. The molecular formula is C34H39F6N7O3S. The van der Waals surface area contributed by atoms with Gasteiger partial charge in [-0.15, -0.1) is 11.3 Å². The standard InChI is InChI=1S/C22H23F5N4O3.C7H12FN.C5H4N2S/c1-4-31(13-8-10-30(12-13)21(32)34-3)19-15-11-16(22(25,26)27)14(7-5-6-9-23)17(24)18(15)28-20(29-19)33-2;8-6-4-7-2-1-3-9(7)5-6;6-3-4-1-2-8-5(4)7/h5-7,9,11,13H,4,8,10,12H2,1-3H3;6-7H,1-5H2;1-2H,7H2/b7-5+,9-6+;;/t13-;;/m0../s1. The number of rotatable bonds is 6. The van der Waals surface area contributed by atoms with Crippen LogP contribution in [0.2, 0.25) is 0 Å². The summed E-state index contributed by atoms with van der Waals surface area (Å²) < 4.78 is 91.8. The molecule has 1 amide bonds. The molecule has 0 bridgehead atoms. The molecule has 17 heteroatoms. The van der Waals surface area contributed by atoms with E-state index in [1.165, 1.54) is 43.3 Å². The first-order valence-electron chi connectivity index (χ1n) is 16.2. The lowest BCUT2D eigenvalue weighted by atomic mass is 10.0. The first kappa shape index (κ1) is 39.2. The Bertz CT molecular complexity index is 1750. The lowest BCUT2D eigenvalue weighted by molar-refractivity contribution is -0.137. The molecule has 2 N–H and O–H groups in total. The van der Waals surface area contributed by atoms with E-state index in [2.05, 4.69) is 14.9 Å². The van der Waals surface area contributed by atoms with Crippen LogP contribution in [0, 0.1) is 17.1 Å². The number of fused-ring (bicyclic) bond motifs is 2. The quantitative estimate of drug-likeness (QED) is 0.204. The summed E-state index contributed by atoms with van der Waals surface area (Å²) in [6.45, 7) is 4.56. The van der Waals surface area contributed by atoms with Crippen LogP contribution in [0.3, 0.4) is 0 Å². The van der Waals surface area contributed by atoms with Crippen molar-refractivity contribution in [1.29, 1.82) is 5.26 Å². The van der Waals surface area contributed by atoms with Gasteiger partial charge in [0.15, 0.2) is 5.82 Å². The van der Waals surface area contributed by atoms with Crippen LogP contribution in [0.15, 0.2) is 36.0 Å². The maximum absolute atomic E-state index is 15.4. The van der Waals surface area contributed by atoms with Gasteiger partial charge < -0.3 is 25.0 Å². The molecule has 2 aromatic heterocycles. The number of likely N-dealkylation sites (tertiary alicyclic amines) is 1. The number of carbonyl (C=O) groups excluding carboxylic acids is 1. The van der Waals surface area contributed by atoms with Gasteiger partial charge >= 0.3 is 18.3 Å². The second-order valence-corrected chi connectivity index (χ2v) is 12.8. The van der Waals surface area contributed by atoms with Crippen LogP contribution in [0.5, 0.6) is 6.01 Å². The Kier molecular flexibility index (Phi) is 13.5. The van der Waals surface area contributed by atoms with Crippen LogP contribution >= 0.6 is 11.3 Å². The average molecular weight is 740 g/mol. The molecule has 1 aromatic carbocycles. The molecular weight excluding hydrogens is 700 g/mol. The third-order valence-electron chi connectivity index (χ3n) is 8.79. The van der Waals surface area contributed by atoms with Crippen LogP contribution in [0.1, 0.15) is 49.3 Å². The number of methoxy groups -OCH3 is 2. The summed E-state index contributed by atoms with van der Waals surface area (Å²) in [5.74, 6) is -1.20. The number of hydrogen-bond acceptors (Lipinski definition) is 10. The van der Waals surface area contributed by atoms with Crippen molar-refractivity contribution in [2.24, 2.45) is 0 Å². The van der Waals surface area contributed by atoms with Crippen LogP contribution in [0.4, 0.5) is 42.0 Å². The number of nitrogens with two attached hydrogens (primary N) is 1. The van der Waals surface area contributed by atoms with Crippen molar-refractivity contribution in [3.63, 3.8) is 0 Å². The Labute approximate surface area is 295 Å². The minimum atomic E-state index is -4.91. The molecule has 3 atom stereocenters. The van der Waals surface area contributed by atoms with Gasteiger partial charge in [-0.3, -0.25) is 4.90 Å². The molecule has 0 spiro atoms. The largest absolute Gasteiger partial charge is 0.467 e. The molecule has 10 nitrogen and oxygen atoms in total. The second kappa shape index (κ2) is 17.6. The molecule has 3 aliphatic heterocycles. The fourth-order valence-corrected chi connectivity index (χ4v) is 7.01. The number of ether oxygens (including phenoxy) is 2. The molecule has 0 saturated carbocycles. The van der Waals surface area contributed by atoms with Gasteiger partial charge in [-0.2, -0.15) is 28.4 Å². The first-order chi connectivity index (χ1) is 24.4. The van der Waals surface area contributed by atoms with Gasteiger partial charge in [0.25, 0.3) is 0 Å². The molecule has 5 heterocycles. The summed E-state index contributed by atoms with van der Waals surface area (Å²) in [6.07, 6.45) is 0.619. The highest BCUT2D eigenvalue weighted by molar-refractivity contribution is 7.14. The Hall–Kier alpha value is -4.56. The number of amides is 1. The van der Waals surface area contributed by atoms with Crippen molar-refractivity contribution in [2.45, 2.75) is 57.0 Å². The number of alkyl halides is 4. The Morgan fingerprint density at radius 2 is 1.98 bits per heavy atom. The van der Waals surface area contributed by atoms with Crippen molar-refractivity contribution in [1.82, 2.24) is 19.8 Å². The predicted octanol–water partition coefficient (Wildman–Crippen LogP) is 7.35. The number of halogens is 6. The minimum Gasteiger partial charge on any atom is -0.467 e. The molecule has 51 heavy (non-hydrogen) atoms. The summed E-state index contributed by atoms with van der Waals surface area (Å²) >= 11 is 1.38. The fraction of sp³-hybridized carbons (Fsp3) is 0.471. The van der Waals surface area contributed by atoms with Crippen LogP contribution in [0.25, 0.3) is 17.0 Å². The molecule has 2 unspecified atom stereocenters. The summed E-state index contributed by atoms with van der Waals surface area (Å²) in [5, 5.41) is 10.5. The van der Waals surface area contributed by atoms with Gasteiger partial charge in [0.05, 0.1) is 31.7 Å². The fourth-order valence-electron chi connectivity index (χ4n) is 6.42. The van der Waals surface area contributed by atoms with Crippen molar-refractivity contribution in [3.05, 3.63) is 58.5 Å². The van der Waals surface area contributed by atoms with Gasteiger partial charge in [0.2, 0.25) is 0 Å². The minimum absolute atomic E-state index is 0.0460. The molecule has 6 rings (SSSR count). The number of benzene rings is 1. The molecule has 0 aliphatic carbocycles. The average Bonchev–Trinajstić information content (AvgIpc) is 3.92. The second-order valence-electron chi connectivity index (χ2n) is 11.8. The maximum Gasteiger partial charge on any atom is 0.417 e. The Morgan fingerprint density at radius 1 is 1.22 bits per heavy atom. The monoisotopic (exact) mass is 739 g/mol. The van der Waals surface area contributed by atoms with Crippen molar-refractivity contribution in [2.75, 3.05) is 57.6 Å². The Balaban J connectivity index is 0.000000275.